The highest BCUT2D eigenvalue weighted by Crippen LogP contribution is 2.20. The van der Waals surface area contributed by atoms with Crippen LogP contribution in [0.4, 0.5) is 0 Å². The minimum atomic E-state index is 0.0406. The van der Waals surface area contributed by atoms with Gasteiger partial charge in [-0.05, 0) is 24.6 Å². The second-order valence-corrected chi connectivity index (χ2v) is 4.51. The van der Waals surface area contributed by atoms with Crippen molar-refractivity contribution in [1.29, 1.82) is 0 Å². The number of aromatic nitrogens is 1. The molecule has 0 spiro atoms. The van der Waals surface area contributed by atoms with Crippen LogP contribution in [0.5, 0.6) is 0 Å². The molecule has 1 heterocycles. The molecular weight excluding hydrogens is 224 g/mol. The zero-order valence-corrected chi connectivity index (χ0v) is 11.0. The summed E-state index contributed by atoms with van der Waals surface area (Å²) < 4.78 is 1.84. The molecule has 1 atom stereocenters. The first-order chi connectivity index (χ1) is 8.61. The molecule has 94 valence electrons. The van der Waals surface area contributed by atoms with Gasteiger partial charge in [0.1, 0.15) is 5.69 Å². The van der Waals surface area contributed by atoms with Crippen molar-refractivity contribution in [2.45, 2.75) is 13.0 Å². The molecule has 1 unspecified atom stereocenters. The zero-order chi connectivity index (χ0) is 13.1. The molecule has 2 rings (SSSR count). The molecule has 0 bridgehead atoms. The molecule has 0 aliphatic heterocycles. The van der Waals surface area contributed by atoms with Crippen molar-refractivity contribution in [1.82, 2.24) is 9.47 Å². The predicted octanol–water partition coefficient (Wildman–Crippen LogP) is 2.86. The van der Waals surface area contributed by atoms with Crippen molar-refractivity contribution in [2.75, 3.05) is 7.05 Å². The SMILES string of the molecule is CC(c1ccccc1)N(C)C(=O)c1cccn1C. The lowest BCUT2D eigenvalue weighted by Gasteiger charge is -2.25. The van der Waals surface area contributed by atoms with Crippen LogP contribution < -0.4 is 0 Å². The van der Waals surface area contributed by atoms with Crippen molar-refractivity contribution >= 4 is 5.91 Å². The number of hydrogen-bond donors (Lipinski definition) is 0. The van der Waals surface area contributed by atoms with E-state index in [0.717, 1.165) is 5.56 Å². The first-order valence-corrected chi connectivity index (χ1v) is 6.04. The number of aryl methyl sites for hydroxylation is 1. The molecule has 2 aromatic rings. The molecule has 1 aromatic carbocycles. The van der Waals surface area contributed by atoms with Crippen LogP contribution in [0.15, 0.2) is 48.7 Å². The van der Waals surface area contributed by atoms with E-state index in [0.29, 0.717) is 5.69 Å². The first kappa shape index (κ1) is 12.4. The lowest BCUT2D eigenvalue weighted by molar-refractivity contribution is 0.0733. The number of benzene rings is 1. The van der Waals surface area contributed by atoms with Gasteiger partial charge in [0.05, 0.1) is 6.04 Å². The molecule has 0 aliphatic carbocycles. The summed E-state index contributed by atoms with van der Waals surface area (Å²) in [7, 11) is 3.72. The Labute approximate surface area is 108 Å². The second-order valence-electron chi connectivity index (χ2n) is 4.51. The summed E-state index contributed by atoms with van der Waals surface area (Å²) in [6.45, 7) is 2.04. The molecule has 3 nitrogen and oxygen atoms in total. The van der Waals surface area contributed by atoms with E-state index < -0.39 is 0 Å². The fraction of sp³-hybridized carbons (Fsp3) is 0.267. The summed E-state index contributed by atoms with van der Waals surface area (Å²) in [4.78, 5) is 14.1. The van der Waals surface area contributed by atoms with Crippen molar-refractivity contribution < 1.29 is 4.79 Å². The van der Waals surface area contributed by atoms with Gasteiger partial charge in [0.15, 0.2) is 0 Å². The Balaban J connectivity index is 2.20. The number of carbonyl (C=O) groups is 1. The van der Waals surface area contributed by atoms with Crippen LogP contribution >= 0.6 is 0 Å². The molecule has 0 N–H and O–H groups in total. The quantitative estimate of drug-likeness (QED) is 0.812. The summed E-state index contributed by atoms with van der Waals surface area (Å²) in [5.41, 5.74) is 1.85. The summed E-state index contributed by atoms with van der Waals surface area (Å²) in [6, 6.07) is 13.8. The van der Waals surface area contributed by atoms with Gasteiger partial charge in [-0.15, -0.1) is 0 Å². The minimum Gasteiger partial charge on any atom is -0.347 e. The van der Waals surface area contributed by atoms with E-state index in [9.17, 15) is 4.79 Å². The van der Waals surface area contributed by atoms with Crippen LogP contribution in [0, 0.1) is 0 Å². The van der Waals surface area contributed by atoms with E-state index in [4.69, 9.17) is 0 Å². The lowest BCUT2D eigenvalue weighted by atomic mass is 10.1. The summed E-state index contributed by atoms with van der Waals surface area (Å²) in [6.07, 6.45) is 1.88. The Bertz CT molecular complexity index is 530. The van der Waals surface area contributed by atoms with E-state index >= 15 is 0 Å². The highest BCUT2D eigenvalue weighted by Gasteiger charge is 2.20. The molecule has 0 saturated heterocycles. The number of rotatable bonds is 3. The minimum absolute atomic E-state index is 0.0406. The summed E-state index contributed by atoms with van der Waals surface area (Å²) in [5, 5.41) is 0. The Morgan fingerprint density at radius 2 is 1.83 bits per heavy atom. The maximum absolute atomic E-state index is 12.3. The zero-order valence-electron chi connectivity index (χ0n) is 11.0. The van der Waals surface area contributed by atoms with Crippen LogP contribution in [0.1, 0.15) is 29.0 Å². The van der Waals surface area contributed by atoms with Gasteiger partial charge in [-0.1, -0.05) is 30.3 Å². The van der Waals surface area contributed by atoms with Crippen LogP contribution in [0.25, 0.3) is 0 Å². The number of nitrogens with zero attached hydrogens (tertiary/aromatic N) is 2. The van der Waals surface area contributed by atoms with Crippen LogP contribution in [-0.2, 0) is 7.05 Å². The highest BCUT2D eigenvalue weighted by atomic mass is 16.2. The fourth-order valence-electron chi connectivity index (χ4n) is 2.00. The van der Waals surface area contributed by atoms with E-state index in [2.05, 4.69) is 0 Å². The van der Waals surface area contributed by atoms with Crippen LogP contribution in [0.2, 0.25) is 0 Å². The Morgan fingerprint density at radius 3 is 2.39 bits per heavy atom. The third-order valence-corrected chi connectivity index (χ3v) is 3.35. The van der Waals surface area contributed by atoms with Crippen molar-refractivity contribution in [2.24, 2.45) is 7.05 Å². The number of hydrogen-bond acceptors (Lipinski definition) is 1. The summed E-state index contributed by atoms with van der Waals surface area (Å²) in [5.74, 6) is 0.0406. The second kappa shape index (κ2) is 5.08. The average Bonchev–Trinajstić information content (AvgIpc) is 2.83. The van der Waals surface area contributed by atoms with Crippen molar-refractivity contribution in [3.8, 4) is 0 Å². The molecule has 1 amide bonds. The average molecular weight is 242 g/mol. The molecule has 18 heavy (non-hydrogen) atoms. The van der Waals surface area contributed by atoms with Gasteiger partial charge in [0.25, 0.3) is 5.91 Å². The van der Waals surface area contributed by atoms with E-state index in [1.807, 2.05) is 74.2 Å². The Kier molecular flexibility index (Phi) is 3.51. The van der Waals surface area contributed by atoms with Gasteiger partial charge >= 0.3 is 0 Å². The van der Waals surface area contributed by atoms with E-state index in [1.54, 1.807) is 4.90 Å². The topological polar surface area (TPSA) is 25.2 Å². The molecule has 3 heteroatoms. The van der Waals surface area contributed by atoms with Gasteiger partial charge in [-0.3, -0.25) is 4.79 Å². The van der Waals surface area contributed by atoms with Gasteiger partial charge in [-0.25, -0.2) is 0 Å². The fourth-order valence-corrected chi connectivity index (χ4v) is 2.00. The molecule has 0 radical (unpaired) electrons. The van der Waals surface area contributed by atoms with Crippen molar-refractivity contribution in [3.05, 3.63) is 59.9 Å². The smallest absolute Gasteiger partial charge is 0.270 e. The first-order valence-electron chi connectivity index (χ1n) is 6.04. The predicted molar refractivity (Wildman–Crippen MR) is 72.4 cm³/mol. The number of carbonyl (C=O) groups excluding carboxylic acids is 1. The van der Waals surface area contributed by atoms with E-state index in [1.165, 1.54) is 0 Å². The van der Waals surface area contributed by atoms with Gasteiger partial charge in [0, 0.05) is 20.3 Å². The standard InChI is InChI=1S/C15H18N2O/c1-12(13-8-5-4-6-9-13)17(3)15(18)14-10-7-11-16(14)2/h4-12H,1-3H3. The van der Waals surface area contributed by atoms with Gasteiger partial charge in [-0.2, -0.15) is 0 Å². The normalized spacial score (nSPS) is 12.2. The number of amides is 1. The maximum Gasteiger partial charge on any atom is 0.270 e. The third-order valence-electron chi connectivity index (χ3n) is 3.35. The van der Waals surface area contributed by atoms with Gasteiger partial charge < -0.3 is 9.47 Å². The third kappa shape index (κ3) is 2.30. The van der Waals surface area contributed by atoms with Crippen LogP contribution in [-0.4, -0.2) is 22.4 Å². The van der Waals surface area contributed by atoms with E-state index in [-0.39, 0.29) is 11.9 Å². The molecular formula is C15H18N2O. The monoisotopic (exact) mass is 242 g/mol. The van der Waals surface area contributed by atoms with Crippen LogP contribution in [0.3, 0.4) is 0 Å². The van der Waals surface area contributed by atoms with Crippen molar-refractivity contribution in [3.63, 3.8) is 0 Å². The molecule has 0 aliphatic rings. The summed E-state index contributed by atoms with van der Waals surface area (Å²) >= 11 is 0. The largest absolute Gasteiger partial charge is 0.347 e. The highest BCUT2D eigenvalue weighted by molar-refractivity contribution is 5.92. The molecule has 0 saturated carbocycles. The Hall–Kier alpha value is -2.03. The molecule has 0 fully saturated rings. The lowest BCUT2D eigenvalue weighted by Crippen LogP contribution is -2.30. The maximum atomic E-state index is 12.3. The molecule has 1 aromatic heterocycles. The Morgan fingerprint density at radius 1 is 1.17 bits per heavy atom. The van der Waals surface area contributed by atoms with Gasteiger partial charge in [0.2, 0.25) is 0 Å².